The van der Waals surface area contributed by atoms with Crippen LogP contribution in [0.5, 0.6) is 5.75 Å². The monoisotopic (exact) mass is 405 g/mol. The Hall–Kier alpha value is -3.36. The lowest BCUT2D eigenvalue weighted by atomic mass is 10.2. The summed E-state index contributed by atoms with van der Waals surface area (Å²) in [5, 5.41) is 3.21. The molecule has 29 heavy (non-hydrogen) atoms. The second-order valence-corrected chi connectivity index (χ2v) is 6.35. The van der Waals surface area contributed by atoms with Crippen molar-refractivity contribution in [1.29, 1.82) is 0 Å². The van der Waals surface area contributed by atoms with E-state index in [0.717, 1.165) is 5.56 Å². The first-order valence-electron chi connectivity index (χ1n) is 8.83. The number of aromatic amines is 1. The number of nitrogens with one attached hydrogen (secondary N) is 2. The lowest BCUT2D eigenvalue weighted by Gasteiger charge is -2.10. The third-order valence-corrected chi connectivity index (χ3v) is 4.07. The number of amides is 1. The topological polar surface area (TPSA) is 84.1 Å². The van der Waals surface area contributed by atoms with Gasteiger partial charge in [0, 0.05) is 19.4 Å². The maximum absolute atomic E-state index is 12.1. The summed E-state index contributed by atoms with van der Waals surface area (Å²) in [5.74, 6) is 0.289. The van der Waals surface area contributed by atoms with Crippen molar-refractivity contribution in [3.8, 4) is 5.75 Å². The second kappa shape index (κ2) is 8.76. The van der Waals surface area contributed by atoms with Crippen LogP contribution in [0.25, 0.3) is 10.9 Å². The first-order valence-corrected chi connectivity index (χ1v) is 8.83. The van der Waals surface area contributed by atoms with Gasteiger partial charge in [-0.05, 0) is 29.8 Å². The van der Waals surface area contributed by atoms with Gasteiger partial charge in [0.25, 0.3) is 5.56 Å². The Morgan fingerprint density at radius 2 is 1.83 bits per heavy atom. The van der Waals surface area contributed by atoms with Crippen LogP contribution in [0.1, 0.15) is 17.8 Å². The first-order chi connectivity index (χ1) is 13.8. The molecule has 1 aromatic heterocycles. The molecular weight excluding hydrogens is 387 g/mol. The number of alkyl halides is 3. The molecule has 152 valence electrons. The summed E-state index contributed by atoms with van der Waals surface area (Å²) in [5.41, 5.74) is 1.04. The highest BCUT2D eigenvalue weighted by molar-refractivity contribution is 5.78. The zero-order valence-corrected chi connectivity index (χ0v) is 15.3. The molecule has 9 heteroatoms. The molecule has 0 fully saturated rings. The molecule has 2 aromatic carbocycles. The van der Waals surface area contributed by atoms with Crippen molar-refractivity contribution >= 4 is 16.8 Å². The van der Waals surface area contributed by atoms with Gasteiger partial charge in [-0.1, -0.05) is 24.3 Å². The van der Waals surface area contributed by atoms with E-state index < -0.39 is 12.8 Å². The summed E-state index contributed by atoms with van der Waals surface area (Å²) in [6.07, 6.45) is -3.99. The largest absolute Gasteiger partial charge is 0.484 e. The Morgan fingerprint density at radius 1 is 1.10 bits per heavy atom. The summed E-state index contributed by atoms with van der Waals surface area (Å²) in [6.45, 7) is -1.13. The molecule has 0 spiro atoms. The van der Waals surface area contributed by atoms with Gasteiger partial charge in [-0.3, -0.25) is 9.59 Å². The van der Waals surface area contributed by atoms with E-state index in [1.54, 1.807) is 36.4 Å². The molecule has 0 aliphatic carbocycles. The molecule has 0 unspecified atom stereocenters. The number of para-hydroxylation sites is 1. The predicted octanol–water partition coefficient (Wildman–Crippen LogP) is 3.11. The van der Waals surface area contributed by atoms with Crippen LogP contribution in [-0.4, -0.2) is 28.7 Å². The van der Waals surface area contributed by atoms with E-state index >= 15 is 0 Å². The number of benzene rings is 2. The summed E-state index contributed by atoms with van der Waals surface area (Å²) < 4.78 is 41.0. The molecule has 3 rings (SSSR count). The number of nitrogens with zero attached hydrogens (tertiary/aromatic N) is 1. The Kier molecular flexibility index (Phi) is 6.16. The predicted molar refractivity (Wildman–Crippen MR) is 101 cm³/mol. The molecular formula is C20H18F3N3O3. The Bertz CT molecular complexity index is 1050. The van der Waals surface area contributed by atoms with Crippen LogP contribution in [0.2, 0.25) is 0 Å². The average Bonchev–Trinajstić information content (AvgIpc) is 2.69. The number of ether oxygens (including phenoxy) is 1. The minimum atomic E-state index is -4.39. The molecule has 0 saturated carbocycles. The summed E-state index contributed by atoms with van der Waals surface area (Å²) in [7, 11) is 0. The fourth-order valence-corrected chi connectivity index (χ4v) is 2.64. The third kappa shape index (κ3) is 6.06. The van der Waals surface area contributed by atoms with Gasteiger partial charge < -0.3 is 15.0 Å². The standard InChI is InChI=1S/C20H18F3N3O3/c21-20(22,23)12-29-14-7-5-13(6-8-14)11-24-18(27)10-9-17-25-16-4-2-1-3-15(16)19(28)26-17/h1-8H,9-12H2,(H,24,27)(H,25,26,28). The number of H-pyrrole nitrogens is 1. The van der Waals surface area contributed by atoms with Gasteiger partial charge in [0.15, 0.2) is 6.61 Å². The van der Waals surface area contributed by atoms with E-state index in [4.69, 9.17) is 0 Å². The van der Waals surface area contributed by atoms with Crippen molar-refractivity contribution in [1.82, 2.24) is 15.3 Å². The number of carbonyl (C=O) groups excluding carboxylic acids is 1. The zero-order chi connectivity index (χ0) is 20.9. The van der Waals surface area contributed by atoms with Crippen LogP contribution in [0, 0.1) is 0 Å². The van der Waals surface area contributed by atoms with E-state index in [-0.39, 0.29) is 36.6 Å². The van der Waals surface area contributed by atoms with Crippen LogP contribution in [0.3, 0.4) is 0 Å². The molecule has 0 saturated heterocycles. The smallest absolute Gasteiger partial charge is 0.422 e. The molecule has 0 atom stereocenters. The highest BCUT2D eigenvalue weighted by Crippen LogP contribution is 2.18. The van der Waals surface area contributed by atoms with Crippen molar-refractivity contribution in [2.24, 2.45) is 0 Å². The van der Waals surface area contributed by atoms with Gasteiger partial charge in [-0.15, -0.1) is 0 Å². The minimum absolute atomic E-state index is 0.101. The zero-order valence-electron chi connectivity index (χ0n) is 15.3. The quantitative estimate of drug-likeness (QED) is 0.633. The number of carbonyl (C=O) groups is 1. The number of hydrogen-bond donors (Lipinski definition) is 2. The van der Waals surface area contributed by atoms with Crippen molar-refractivity contribution in [2.75, 3.05) is 6.61 Å². The van der Waals surface area contributed by atoms with Crippen LogP contribution in [0.15, 0.2) is 53.3 Å². The highest BCUT2D eigenvalue weighted by atomic mass is 19.4. The van der Waals surface area contributed by atoms with Gasteiger partial charge in [0.05, 0.1) is 10.9 Å². The maximum atomic E-state index is 12.1. The van der Waals surface area contributed by atoms with Crippen LogP contribution >= 0.6 is 0 Å². The van der Waals surface area contributed by atoms with Gasteiger partial charge in [0.2, 0.25) is 5.91 Å². The summed E-state index contributed by atoms with van der Waals surface area (Å²) in [6, 6.07) is 12.9. The van der Waals surface area contributed by atoms with Crippen LogP contribution in [-0.2, 0) is 17.8 Å². The first kappa shape index (κ1) is 20.4. The van der Waals surface area contributed by atoms with E-state index in [9.17, 15) is 22.8 Å². The number of aromatic nitrogens is 2. The molecule has 2 N–H and O–H groups in total. The van der Waals surface area contributed by atoms with Crippen LogP contribution < -0.4 is 15.6 Å². The van der Waals surface area contributed by atoms with E-state index in [2.05, 4.69) is 20.0 Å². The Morgan fingerprint density at radius 3 is 2.55 bits per heavy atom. The number of hydrogen-bond acceptors (Lipinski definition) is 4. The molecule has 0 aliphatic heterocycles. The van der Waals surface area contributed by atoms with Gasteiger partial charge >= 0.3 is 6.18 Å². The molecule has 0 bridgehead atoms. The Labute approximate surface area is 163 Å². The summed E-state index contributed by atoms with van der Waals surface area (Å²) in [4.78, 5) is 31.1. The molecule has 0 radical (unpaired) electrons. The van der Waals surface area contributed by atoms with E-state index in [1.165, 1.54) is 12.1 Å². The lowest BCUT2D eigenvalue weighted by Crippen LogP contribution is -2.23. The minimum Gasteiger partial charge on any atom is -0.484 e. The Balaban J connectivity index is 1.48. The van der Waals surface area contributed by atoms with Crippen LogP contribution in [0.4, 0.5) is 13.2 Å². The second-order valence-electron chi connectivity index (χ2n) is 6.35. The molecule has 1 amide bonds. The van der Waals surface area contributed by atoms with Gasteiger partial charge in [-0.25, -0.2) is 4.98 Å². The number of rotatable bonds is 7. The number of halogens is 3. The fraction of sp³-hybridized carbons (Fsp3) is 0.250. The number of fused-ring (bicyclic) bond motifs is 1. The molecule has 6 nitrogen and oxygen atoms in total. The average molecular weight is 405 g/mol. The molecule has 1 heterocycles. The van der Waals surface area contributed by atoms with Crippen molar-refractivity contribution in [3.63, 3.8) is 0 Å². The molecule has 0 aliphatic rings. The van der Waals surface area contributed by atoms with Crippen molar-refractivity contribution < 1.29 is 22.7 Å². The third-order valence-electron chi connectivity index (χ3n) is 4.07. The molecule has 3 aromatic rings. The van der Waals surface area contributed by atoms with Gasteiger partial charge in [-0.2, -0.15) is 13.2 Å². The van der Waals surface area contributed by atoms with E-state index in [1.807, 2.05) is 0 Å². The maximum Gasteiger partial charge on any atom is 0.422 e. The van der Waals surface area contributed by atoms with E-state index in [0.29, 0.717) is 16.7 Å². The summed E-state index contributed by atoms with van der Waals surface area (Å²) >= 11 is 0. The lowest BCUT2D eigenvalue weighted by molar-refractivity contribution is -0.153. The highest BCUT2D eigenvalue weighted by Gasteiger charge is 2.28. The number of aryl methyl sites for hydroxylation is 1. The SMILES string of the molecule is O=C(CCc1nc2ccccc2c(=O)[nH]1)NCc1ccc(OCC(F)(F)F)cc1. The van der Waals surface area contributed by atoms with Crippen molar-refractivity contribution in [2.45, 2.75) is 25.6 Å². The van der Waals surface area contributed by atoms with Crippen molar-refractivity contribution in [3.05, 3.63) is 70.3 Å². The normalized spacial score (nSPS) is 11.4. The van der Waals surface area contributed by atoms with Gasteiger partial charge in [0.1, 0.15) is 11.6 Å². The fourth-order valence-electron chi connectivity index (χ4n) is 2.64.